The van der Waals surface area contributed by atoms with Gasteiger partial charge in [0, 0.05) is 23.0 Å². The van der Waals surface area contributed by atoms with Gasteiger partial charge in [-0.15, -0.1) is 0 Å². The average Bonchev–Trinajstić information content (AvgIpc) is 2.56. The van der Waals surface area contributed by atoms with Crippen LogP contribution in [0.4, 0.5) is 0 Å². The molecule has 3 nitrogen and oxygen atoms in total. The maximum absolute atomic E-state index is 12.2. The van der Waals surface area contributed by atoms with Crippen LogP contribution in [0.2, 0.25) is 5.02 Å². The summed E-state index contributed by atoms with van der Waals surface area (Å²) < 4.78 is 7.26. The first kappa shape index (κ1) is 16.3. The molecule has 1 heterocycles. The van der Waals surface area contributed by atoms with Crippen molar-refractivity contribution in [3.05, 3.63) is 82.2 Å². The second-order valence-corrected chi connectivity index (χ2v) is 6.23. The fraction of sp³-hybridized carbons (Fsp3) is 0.150. The predicted molar refractivity (Wildman–Crippen MR) is 98.2 cm³/mol. The van der Waals surface area contributed by atoms with E-state index in [2.05, 4.69) is 0 Å². The van der Waals surface area contributed by atoms with E-state index in [0.29, 0.717) is 5.02 Å². The van der Waals surface area contributed by atoms with Crippen molar-refractivity contribution in [2.45, 2.75) is 20.0 Å². The molecule has 4 heteroatoms. The van der Waals surface area contributed by atoms with Crippen LogP contribution in [-0.2, 0) is 0 Å². The first-order chi connectivity index (χ1) is 11.5. The third-order valence-corrected chi connectivity index (χ3v) is 3.79. The van der Waals surface area contributed by atoms with Crippen LogP contribution in [-0.4, -0.2) is 10.7 Å². The molecule has 0 aliphatic rings. The number of hydrogen-bond donors (Lipinski definition) is 0. The van der Waals surface area contributed by atoms with Gasteiger partial charge in [0.05, 0.1) is 6.10 Å². The Bertz CT molecular complexity index is 898. The number of benzene rings is 2. The lowest BCUT2D eigenvalue weighted by molar-refractivity contribution is 0.242. The monoisotopic (exact) mass is 339 g/mol. The van der Waals surface area contributed by atoms with Gasteiger partial charge in [0.2, 0.25) is 0 Å². The Morgan fingerprint density at radius 3 is 2.38 bits per heavy atom. The summed E-state index contributed by atoms with van der Waals surface area (Å²) in [5, 5.41) is 0.667. The number of halogens is 1. The average molecular weight is 340 g/mol. The fourth-order valence-corrected chi connectivity index (χ4v) is 2.68. The molecule has 3 rings (SSSR count). The minimum Gasteiger partial charge on any atom is -0.491 e. The van der Waals surface area contributed by atoms with E-state index in [0.717, 1.165) is 22.6 Å². The lowest BCUT2D eigenvalue weighted by atomic mass is 10.1. The van der Waals surface area contributed by atoms with E-state index < -0.39 is 0 Å². The summed E-state index contributed by atoms with van der Waals surface area (Å²) in [5.41, 5.74) is 2.61. The van der Waals surface area contributed by atoms with Crippen LogP contribution in [0.25, 0.3) is 16.8 Å². The van der Waals surface area contributed by atoms with Crippen LogP contribution in [0.5, 0.6) is 5.75 Å². The Kier molecular flexibility index (Phi) is 4.72. The Morgan fingerprint density at radius 2 is 1.71 bits per heavy atom. The molecule has 0 N–H and O–H groups in total. The van der Waals surface area contributed by atoms with Gasteiger partial charge in [-0.25, -0.2) is 0 Å². The van der Waals surface area contributed by atoms with Crippen molar-refractivity contribution in [3.63, 3.8) is 0 Å². The molecule has 3 aromatic rings. The van der Waals surface area contributed by atoms with Crippen molar-refractivity contribution in [1.29, 1.82) is 0 Å². The second kappa shape index (κ2) is 6.93. The Morgan fingerprint density at radius 1 is 0.958 bits per heavy atom. The van der Waals surface area contributed by atoms with Gasteiger partial charge in [-0.05, 0) is 67.4 Å². The van der Waals surface area contributed by atoms with E-state index in [1.54, 1.807) is 16.7 Å². The summed E-state index contributed by atoms with van der Waals surface area (Å²) >= 11 is 6.06. The van der Waals surface area contributed by atoms with Gasteiger partial charge in [0.15, 0.2) is 0 Å². The lowest BCUT2D eigenvalue weighted by Crippen LogP contribution is -2.16. The van der Waals surface area contributed by atoms with Crippen molar-refractivity contribution in [2.75, 3.05) is 0 Å². The molecule has 0 aliphatic heterocycles. The van der Waals surface area contributed by atoms with E-state index in [9.17, 15) is 4.79 Å². The molecular weight excluding hydrogens is 322 g/mol. The molecular formula is C20H18ClNO2. The summed E-state index contributed by atoms with van der Waals surface area (Å²) in [6.45, 7) is 3.96. The van der Waals surface area contributed by atoms with Gasteiger partial charge in [0.25, 0.3) is 5.56 Å². The number of hydrogen-bond acceptors (Lipinski definition) is 2. The number of pyridine rings is 1. The van der Waals surface area contributed by atoms with Crippen LogP contribution in [0.3, 0.4) is 0 Å². The van der Waals surface area contributed by atoms with E-state index >= 15 is 0 Å². The molecule has 0 atom stereocenters. The molecule has 0 aliphatic carbocycles. The first-order valence-corrected chi connectivity index (χ1v) is 8.16. The highest BCUT2D eigenvalue weighted by molar-refractivity contribution is 6.30. The number of nitrogens with zero attached hydrogens (tertiary/aromatic N) is 1. The molecule has 1 aromatic heterocycles. The summed E-state index contributed by atoms with van der Waals surface area (Å²) in [7, 11) is 0. The van der Waals surface area contributed by atoms with Crippen LogP contribution >= 0.6 is 11.6 Å². The van der Waals surface area contributed by atoms with Gasteiger partial charge < -0.3 is 4.74 Å². The molecule has 0 spiro atoms. The highest BCUT2D eigenvalue weighted by Crippen LogP contribution is 2.23. The quantitative estimate of drug-likeness (QED) is 0.673. The fourth-order valence-electron chi connectivity index (χ4n) is 2.49. The van der Waals surface area contributed by atoms with Crippen LogP contribution in [0.15, 0.2) is 71.7 Å². The zero-order valence-electron chi connectivity index (χ0n) is 13.6. The number of rotatable bonds is 4. The van der Waals surface area contributed by atoms with Gasteiger partial charge in [-0.1, -0.05) is 23.7 Å². The summed E-state index contributed by atoms with van der Waals surface area (Å²) in [6, 6.07) is 18.4. The minimum atomic E-state index is -0.0849. The van der Waals surface area contributed by atoms with Crippen molar-refractivity contribution in [2.24, 2.45) is 0 Å². The molecule has 24 heavy (non-hydrogen) atoms. The van der Waals surface area contributed by atoms with Crippen molar-refractivity contribution in [1.82, 2.24) is 4.57 Å². The van der Waals surface area contributed by atoms with Crippen LogP contribution in [0, 0.1) is 0 Å². The van der Waals surface area contributed by atoms with Crippen molar-refractivity contribution < 1.29 is 4.74 Å². The Labute approximate surface area is 146 Å². The molecule has 0 amide bonds. The number of aromatic nitrogens is 1. The Hall–Kier alpha value is -2.52. The summed E-state index contributed by atoms with van der Waals surface area (Å²) in [6.07, 6.45) is 1.94. The standard InChI is InChI=1S/C20H18ClNO2/c1-14(2)24-19-9-7-18(8-10-19)22-13-16(6-11-20(22)23)15-4-3-5-17(21)12-15/h3-14H,1-2H3. The highest BCUT2D eigenvalue weighted by Gasteiger charge is 2.05. The van der Waals surface area contributed by atoms with Crippen molar-refractivity contribution >= 4 is 11.6 Å². The SMILES string of the molecule is CC(C)Oc1ccc(-n2cc(-c3cccc(Cl)c3)ccc2=O)cc1. The minimum absolute atomic E-state index is 0.0849. The molecule has 0 fully saturated rings. The topological polar surface area (TPSA) is 31.2 Å². The van der Waals surface area contributed by atoms with Crippen LogP contribution < -0.4 is 10.3 Å². The third kappa shape index (κ3) is 3.69. The van der Waals surface area contributed by atoms with E-state index in [1.807, 2.05) is 68.6 Å². The second-order valence-electron chi connectivity index (χ2n) is 5.80. The van der Waals surface area contributed by atoms with Gasteiger partial charge in [-0.2, -0.15) is 0 Å². The van der Waals surface area contributed by atoms with Gasteiger partial charge >= 0.3 is 0 Å². The molecule has 0 radical (unpaired) electrons. The predicted octanol–water partition coefficient (Wildman–Crippen LogP) is 4.95. The zero-order chi connectivity index (χ0) is 17.1. The molecule has 0 saturated carbocycles. The zero-order valence-corrected chi connectivity index (χ0v) is 14.3. The normalized spacial score (nSPS) is 10.8. The van der Waals surface area contributed by atoms with Gasteiger partial charge in [-0.3, -0.25) is 9.36 Å². The molecule has 0 saturated heterocycles. The maximum Gasteiger partial charge on any atom is 0.255 e. The summed E-state index contributed by atoms with van der Waals surface area (Å²) in [4.78, 5) is 12.2. The first-order valence-electron chi connectivity index (χ1n) is 7.79. The highest BCUT2D eigenvalue weighted by atomic mass is 35.5. The smallest absolute Gasteiger partial charge is 0.255 e. The Balaban J connectivity index is 1.99. The largest absolute Gasteiger partial charge is 0.491 e. The van der Waals surface area contributed by atoms with E-state index in [-0.39, 0.29) is 11.7 Å². The number of ether oxygens (including phenoxy) is 1. The molecule has 0 bridgehead atoms. The van der Waals surface area contributed by atoms with Gasteiger partial charge in [0.1, 0.15) is 5.75 Å². The lowest BCUT2D eigenvalue weighted by Gasteiger charge is -2.12. The van der Waals surface area contributed by atoms with E-state index in [1.165, 1.54) is 0 Å². The third-order valence-electron chi connectivity index (χ3n) is 3.56. The van der Waals surface area contributed by atoms with Crippen molar-refractivity contribution in [3.8, 4) is 22.6 Å². The molecule has 0 unspecified atom stereocenters. The molecule has 2 aromatic carbocycles. The maximum atomic E-state index is 12.2. The molecule has 122 valence electrons. The summed E-state index contributed by atoms with van der Waals surface area (Å²) in [5.74, 6) is 0.785. The van der Waals surface area contributed by atoms with Crippen LogP contribution in [0.1, 0.15) is 13.8 Å². The van der Waals surface area contributed by atoms with E-state index in [4.69, 9.17) is 16.3 Å².